The molecule has 1 aromatic rings. The molecule has 0 aliphatic carbocycles. The van der Waals surface area contributed by atoms with E-state index >= 15 is 0 Å². The molecule has 0 aliphatic heterocycles. The summed E-state index contributed by atoms with van der Waals surface area (Å²) in [5, 5.41) is 0.654. The van der Waals surface area contributed by atoms with E-state index in [2.05, 4.69) is 13.8 Å². The highest BCUT2D eigenvalue weighted by atomic mass is 35.5. The predicted molar refractivity (Wildman–Crippen MR) is 87.9 cm³/mol. The van der Waals surface area contributed by atoms with Crippen LogP contribution in [0.2, 0.25) is 5.02 Å². The van der Waals surface area contributed by atoms with Crippen molar-refractivity contribution in [3.63, 3.8) is 0 Å². The van der Waals surface area contributed by atoms with Crippen LogP contribution in [0, 0.1) is 5.92 Å². The molecule has 4 heteroatoms. The Labute approximate surface area is 133 Å². The Morgan fingerprint density at radius 2 is 1.90 bits per heavy atom. The fourth-order valence-electron chi connectivity index (χ4n) is 1.99. The second-order valence-electron chi connectivity index (χ2n) is 6.05. The van der Waals surface area contributed by atoms with Crippen LogP contribution in [0.1, 0.15) is 40.5 Å². The summed E-state index contributed by atoms with van der Waals surface area (Å²) < 4.78 is 5.95. The lowest BCUT2D eigenvalue weighted by Crippen LogP contribution is -2.49. The monoisotopic (exact) mass is 311 g/mol. The average Bonchev–Trinajstić information content (AvgIpc) is 2.46. The van der Waals surface area contributed by atoms with E-state index in [-0.39, 0.29) is 5.91 Å². The number of nitrogens with zero attached hydrogens (tertiary/aromatic N) is 1. The summed E-state index contributed by atoms with van der Waals surface area (Å²) in [5.41, 5.74) is -0.848. The molecule has 0 N–H and O–H groups in total. The van der Waals surface area contributed by atoms with Gasteiger partial charge < -0.3 is 9.64 Å². The molecule has 1 amide bonds. The number of hydrogen-bond donors (Lipinski definition) is 0. The van der Waals surface area contributed by atoms with E-state index in [1.807, 2.05) is 20.9 Å². The van der Waals surface area contributed by atoms with Crippen molar-refractivity contribution in [2.24, 2.45) is 5.92 Å². The van der Waals surface area contributed by atoms with Gasteiger partial charge >= 0.3 is 0 Å². The normalized spacial score (nSPS) is 13.9. The molecule has 1 rings (SSSR count). The molecule has 1 atom stereocenters. The number of carbonyl (C=O) groups is 1. The third-order valence-corrected chi connectivity index (χ3v) is 3.92. The van der Waals surface area contributed by atoms with E-state index in [1.54, 1.807) is 29.2 Å². The number of likely N-dealkylation sites (N-methyl/N-ethyl adjacent to an activating group) is 1. The van der Waals surface area contributed by atoms with Crippen LogP contribution in [0.25, 0.3) is 0 Å². The van der Waals surface area contributed by atoms with E-state index in [0.717, 1.165) is 13.0 Å². The molecular formula is C17H26ClNO2. The van der Waals surface area contributed by atoms with Crippen LogP contribution in [-0.2, 0) is 4.79 Å². The van der Waals surface area contributed by atoms with Crippen LogP contribution in [0.15, 0.2) is 24.3 Å². The number of ether oxygens (including phenoxy) is 1. The number of carbonyl (C=O) groups excluding carboxylic acids is 1. The molecule has 0 radical (unpaired) electrons. The predicted octanol–water partition coefficient (Wildman–Crippen LogP) is 4.39. The highest BCUT2D eigenvalue weighted by Gasteiger charge is 2.36. The van der Waals surface area contributed by atoms with Gasteiger partial charge in [0.2, 0.25) is 0 Å². The number of halogens is 1. The summed E-state index contributed by atoms with van der Waals surface area (Å²) in [5.74, 6) is 1.25. The zero-order valence-corrected chi connectivity index (χ0v) is 14.4. The molecule has 0 heterocycles. The molecule has 3 nitrogen and oxygen atoms in total. The molecule has 0 aromatic heterocycles. The van der Waals surface area contributed by atoms with Crippen molar-refractivity contribution < 1.29 is 9.53 Å². The first-order valence-corrected chi connectivity index (χ1v) is 7.86. The van der Waals surface area contributed by atoms with Gasteiger partial charge in [-0.15, -0.1) is 0 Å². The summed E-state index contributed by atoms with van der Waals surface area (Å²) in [6.07, 6.45) is 1.60. The molecule has 0 aliphatic rings. The Balaban J connectivity index is 2.77. The standard InChI is InChI=1S/C17H26ClNO2/c1-6-17(4,16(20)19(5)12-11-13(2)3)21-15-9-7-14(18)8-10-15/h7-10,13H,6,11-12H2,1-5H3. The Morgan fingerprint density at radius 3 is 2.38 bits per heavy atom. The lowest BCUT2D eigenvalue weighted by Gasteiger charge is -2.32. The summed E-state index contributed by atoms with van der Waals surface area (Å²) in [6.45, 7) is 8.86. The minimum absolute atomic E-state index is 0.0144. The maximum atomic E-state index is 12.7. The molecule has 1 unspecified atom stereocenters. The first kappa shape index (κ1) is 17.8. The lowest BCUT2D eigenvalue weighted by molar-refractivity contribution is -0.145. The minimum atomic E-state index is -0.848. The molecule has 0 bridgehead atoms. The van der Waals surface area contributed by atoms with Gasteiger partial charge in [0.15, 0.2) is 5.60 Å². The van der Waals surface area contributed by atoms with Crippen molar-refractivity contribution in [2.75, 3.05) is 13.6 Å². The number of rotatable bonds is 7. The molecule has 0 saturated carbocycles. The van der Waals surface area contributed by atoms with Crippen LogP contribution in [-0.4, -0.2) is 30.0 Å². The minimum Gasteiger partial charge on any atom is -0.478 e. The van der Waals surface area contributed by atoms with Crippen LogP contribution in [0.5, 0.6) is 5.75 Å². The van der Waals surface area contributed by atoms with Crippen molar-refractivity contribution in [1.82, 2.24) is 4.90 Å². The van der Waals surface area contributed by atoms with E-state index in [4.69, 9.17) is 16.3 Å². The number of hydrogen-bond acceptors (Lipinski definition) is 2. The van der Waals surface area contributed by atoms with Crippen molar-refractivity contribution in [2.45, 2.75) is 46.1 Å². The molecule has 0 fully saturated rings. The van der Waals surface area contributed by atoms with Crippen molar-refractivity contribution in [3.8, 4) is 5.75 Å². The van der Waals surface area contributed by atoms with Crippen molar-refractivity contribution in [1.29, 1.82) is 0 Å². The smallest absolute Gasteiger partial charge is 0.266 e. The summed E-state index contributed by atoms with van der Waals surface area (Å²) >= 11 is 5.87. The Bertz CT molecular complexity index is 458. The van der Waals surface area contributed by atoms with Crippen LogP contribution in [0.4, 0.5) is 0 Å². The first-order valence-electron chi connectivity index (χ1n) is 7.48. The third kappa shape index (κ3) is 5.24. The van der Waals surface area contributed by atoms with E-state index in [1.165, 1.54) is 0 Å². The van der Waals surface area contributed by atoms with Crippen molar-refractivity contribution >= 4 is 17.5 Å². The van der Waals surface area contributed by atoms with Gasteiger partial charge in [0.05, 0.1) is 0 Å². The fourth-order valence-corrected chi connectivity index (χ4v) is 2.11. The molecule has 118 valence electrons. The van der Waals surface area contributed by atoms with E-state index in [0.29, 0.717) is 23.1 Å². The second-order valence-corrected chi connectivity index (χ2v) is 6.49. The van der Waals surface area contributed by atoms with Gasteiger partial charge in [-0.3, -0.25) is 4.79 Å². The van der Waals surface area contributed by atoms with Crippen molar-refractivity contribution in [3.05, 3.63) is 29.3 Å². The topological polar surface area (TPSA) is 29.5 Å². The lowest BCUT2D eigenvalue weighted by atomic mass is 10.0. The van der Waals surface area contributed by atoms with Gasteiger partial charge in [-0.05, 0) is 49.9 Å². The summed E-state index contributed by atoms with van der Waals surface area (Å²) in [7, 11) is 1.84. The quantitative estimate of drug-likeness (QED) is 0.747. The molecule has 0 spiro atoms. The average molecular weight is 312 g/mol. The fraction of sp³-hybridized carbons (Fsp3) is 0.588. The Morgan fingerprint density at radius 1 is 1.33 bits per heavy atom. The van der Waals surface area contributed by atoms with Crippen LogP contribution in [0.3, 0.4) is 0 Å². The highest BCUT2D eigenvalue weighted by Crippen LogP contribution is 2.25. The SMILES string of the molecule is CCC(C)(Oc1ccc(Cl)cc1)C(=O)N(C)CCC(C)C. The Kier molecular flexibility index (Phi) is 6.53. The molecular weight excluding hydrogens is 286 g/mol. The molecule has 1 aromatic carbocycles. The van der Waals surface area contributed by atoms with Gasteiger partial charge in [0.25, 0.3) is 5.91 Å². The molecule has 21 heavy (non-hydrogen) atoms. The summed E-state index contributed by atoms with van der Waals surface area (Å²) in [4.78, 5) is 14.4. The first-order chi connectivity index (χ1) is 9.78. The largest absolute Gasteiger partial charge is 0.478 e. The van der Waals surface area contributed by atoms with E-state index < -0.39 is 5.60 Å². The van der Waals surface area contributed by atoms with Gasteiger partial charge in [0, 0.05) is 18.6 Å². The van der Waals surface area contributed by atoms with Gasteiger partial charge in [-0.2, -0.15) is 0 Å². The highest BCUT2D eigenvalue weighted by molar-refractivity contribution is 6.30. The van der Waals surface area contributed by atoms with E-state index in [9.17, 15) is 4.79 Å². The summed E-state index contributed by atoms with van der Waals surface area (Å²) in [6, 6.07) is 7.11. The number of amides is 1. The maximum Gasteiger partial charge on any atom is 0.266 e. The Hall–Kier alpha value is -1.22. The zero-order valence-electron chi connectivity index (χ0n) is 13.6. The molecule has 0 saturated heterocycles. The second kappa shape index (κ2) is 7.69. The van der Waals surface area contributed by atoms with Crippen LogP contribution >= 0.6 is 11.6 Å². The van der Waals surface area contributed by atoms with Gasteiger partial charge in [-0.25, -0.2) is 0 Å². The zero-order chi connectivity index (χ0) is 16.0. The van der Waals surface area contributed by atoms with Crippen LogP contribution < -0.4 is 4.74 Å². The number of benzene rings is 1. The third-order valence-electron chi connectivity index (χ3n) is 3.67. The van der Waals surface area contributed by atoms with Gasteiger partial charge in [-0.1, -0.05) is 32.4 Å². The maximum absolute atomic E-state index is 12.7. The van der Waals surface area contributed by atoms with Gasteiger partial charge in [0.1, 0.15) is 5.75 Å².